The number of hydrogen-bond donors (Lipinski definition) is 0. The Bertz CT molecular complexity index is 878. The molecule has 0 N–H and O–H groups in total. The molecule has 1 saturated heterocycles. The maximum atomic E-state index is 13.6. The number of benzene rings is 2. The van der Waals surface area contributed by atoms with Gasteiger partial charge >= 0.3 is 5.97 Å². The van der Waals surface area contributed by atoms with Gasteiger partial charge in [0.2, 0.25) is 0 Å². The molecule has 0 spiro atoms. The van der Waals surface area contributed by atoms with Crippen LogP contribution < -0.4 is 4.74 Å². The SMILES string of the molecule is CC=CC1COC(c2ccc(C(=O)Oc3ccc(C#N)c(F)c3)cc2)OC1. The van der Waals surface area contributed by atoms with Gasteiger partial charge in [0.15, 0.2) is 6.29 Å². The molecule has 1 fully saturated rings. The number of nitriles is 1. The molecule has 0 amide bonds. The van der Waals surface area contributed by atoms with E-state index in [1.165, 1.54) is 12.1 Å². The van der Waals surface area contributed by atoms with Crippen molar-refractivity contribution >= 4 is 5.97 Å². The first-order chi connectivity index (χ1) is 13.1. The summed E-state index contributed by atoms with van der Waals surface area (Å²) in [6, 6.07) is 12.0. The van der Waals surface area contributed by atoms with Crippen LogP contribution in [0.2, 0.25) is 0 Å². The largest absolute Gasteiger partial charge is 0.423 e. The van der Waals surface area contributed by atoms with E-state index in [1.54, 1.807) is 30.3 Å². The lowest BCUT2D eigenvalue weighted by Crippen LogP contribution is -2.25. The quantitative estimate of drug-likeness (QED) is 0.461. The Morgan fingerprint density at radius 2 is 1.93 bits per heavy atom. The first kappa shape index (κ1) is 18.8. The molecular formula is C21H18FNO4. The summed E-state index contributed by atoms with van der Waals surface area (Å²) in [5, 5.41) is 8.72. The van der Waals surface area contributed by atoms with Gasteiger partial charge in [-0.3, -0.25) is 0 Å². The van der Waals surface area contributed by atoms with Gasteiger partial charge in [-0.25, -0.2) is 9.18 Å². The molecule has 0 aromatic heterocycles. The zero-order chi connectivity index (χ0) is 19.2. The van der Waals surface area contributed by atoms with Gasteiger partial charge in [0.1, 0.15) is 17.6 Å². The van der Waals surface area contributed by atoms with Crippen LogP contribution in [0.15, 0.2) is 54.6 Å². The summed E-state index contributed by atoms with van der Waals surface area (Å²) < 4.78 is 30.1. The van der Waals surface area contributed by atoms with E-state index in [-0.39, 0.29) is 17.2 Å². The number of nitrogens with zero attached hydrogens (tertiary/aromatic N) is 1. The average molecular weight is 367 g/mol. The molecule has 27 heavy (non-hydrogen) atoms. The smallest absolute Gasteiger partial charge is 0.343 e. The molecule has 1 aliphatic heterocycles. The molecule has 1 heterocycles. The first-order valence-electron chi connectivity index (χ1n) is 8.48. The highest BCUT2D eigenvalue weighted by Crippen LogP contribution is 2.26. The minimum absolute atomic E-state index is 0.0366. The van der Waals surface area contributed by atoms with E-state index in [2.05, 4.69) is 0 Å². The number of carbonyl (C=O) groups excluding carboxylic acids is 1. The number of esters is 1. The predicted octanol–water partition coefficient (Wildman–Crippen LogP) is 4.15. The van der Waals surface area contributed by atoms with E-state index in [0.29, 0.717) is 18.8 Å². The Hall–Kier alpha value is -3.01. The summed E-state index contributed by atoms with van der Waals surface area (Å²) >= 11 is 0. The van der Waals surface area contributed by atoms with Crippen LogP contribution in [0.1, 0.15) is 34.7 Å². The van der Waals surface area contributed by atoms with Crippen LogP contribution in [0.25, 0.3) is 0 Å². The van der Waals surface area contributed by atoms with Gasteiger partial charge < -0.3 is 14.2 Å². The normalized spacial score (nSPS) is 19.6. The van der Waals surface area contributed by atoms with Crippen molar-refractivity contribution in [2.45, 2.75) is 13.2 Å². The topological polar surface area (TPSA) is 68.5 Å². The van der Waals surface area contributed by atoms with Gasteiger partial charge in [0.05, 0.1) is 24.3 Å². The Morgan fingerprint density at radius 1 is 1.22 bits per heavy atom. The second kappa shape index (κ2) is 8.58. The van der Waals surface area contributed by atoms with Crippen molar-refractivity contribution in [2.24, 2.45) is 5.92 Å². The summed E-state index contributed by atoms with van der Waals surface area (Å²) in [5.41, 5.74) is 1.00. The number of rotatable bonds is 4. The van der Waals surface area contributed by atoms with Crippen molar-refractivity contribution in [1.29, 1.82) is 5.26 Å². The average Bonchev–Trinajstić information content (AvgIpc) is 2.69. The van der Waals surface area contributed by atoms with Crippen LogP contribution in [0.4, 0.5) is 4.39 Å². The fraction of sp³-hybridized carbons (Fsp3) is 0.238. The summed E-state index contributed by atoms with van der Waals surface area (Å²) in [6.45, 7) is 3.10. The highest BCUT2D eigenvalue weighted by atomic mass is 19.1. The van der Waals surface area contributed by atoms with Crippen LogP contribution in [-0.4, -0.2) is 19.2 Å². The van der Waals surface area contributed by atoms with Crippen LogP contribution in [0, 0.1) is 23.1 Å². The number of hydrogen-bond acceptors (Lipinski definition) is 5. The zero-order valence-corrected chi connectivity index (χ0v) is 14.7. The molecule has 1 aliphatic rings. The van der Waals surface area contributed by atoms with Gasteiger partial charge in [-0.15, -0.1) is 0 Å². The Morgan fingerprint density at radius 3 is 2.52 bits per heavy atom. The number of halogens is 1. The lowest BCUT2D eigenvalue weighted by Gasteiger charge is -2.28. The molecule has 0 saturated carbocycles. The summed E-state index contributed by atoms with van der Waals surface area (Å²) in [5.74, 6) is -1.08. The third kappa shape index (κ3) is 4.59. The molecule has 2 aromatic rings. The molecule has 3 rings (SSSR count). The van der Waals surface area contributed by atoms with Crippen molar-refractivity contribution < 1.29 is 23.4 Å². The second-order valence-corrected chi connectivity index (χ2v) is 6.05. The van der Waals surface area contributed by atoms with E-state index < -0.39 is 18.1 Å². The predicted molar refractivity (Wildman–Crippen MR) is 95.5 cm³/mol. The van der Waals surface area contributed by atoms with Crippen LogP contribution in [0.3, 0.4) is 0 Å². The van der Waals surface area contributed by atoms with Gasteiger partial charge in [0, 0.05) is 17.5 Å². The number of allylic oxidation sites excluding steroid dienone is 1. The van der Waals surface area contributed by atoms with Gasteiger partial charge in [0.25, 0.3) is 0 Å². The molecule has 6 heteroatoms. The van der Waals surface area contributed by atoms with E-state index in [1.807, 2.05) is 19.1 Å². The zero-order valence-electron chi connectivity index (χ0n) is 14.7. The Balaban J connectivity index is 1.62. The lowest BCUT2D eigenvalue weighted by molar-refractivity contribution is -0.197. The summed E-state index contributed by atoms with van der Waals surface area (Å²) in [4.78, 5) is 12.2. The fourth-order valence-corrected chi connectivity index (χ4v) is 2.69. The molecule has 0 aliphatic carbocycles. The van der Waals surface area contributed by atoms with Crippen molar-refractivity contribution in [2.75, 3.05) is 13.2 Å². The molecule has 0 radical (unpaired) electrons. The fourth-order valence-electron chi connectivity index (χ4n) is 2.69. The molecule has 138 valence electrons. The Labute approximate surface area is 156 Å². The van der Waals surface area contributed by atoms with E-state index in [9.17, 15) is 9.18 Å². The second-order valence-electron chi connectivity index (χ2n) is 6.05. The highest BCUT2D eigenvalue weighted by molar-refractivity contribution is 5.91. The van der Waals surface area contributed by atoms with Crippen LogP contribution in [0.5, 0.6) is 5.75 Å². The summed E-state index contributed by atoms with van der Waals surface area (Å²) in [7, 11) is 0. The maximum absolute atomic E-state index is 13.6. The Kier molecular flexibility index (Phi) is 5.97. The van der Waals surface area contributed by atoms with Gasteiger partial charge in [-0.05, 0) is 31.2 Å². The van der Waals surface area contributed by atoms with Crippen molar-refractivity contribution in [3.05, 3.63) is 77.1 Å². The molecule has 5 nitrogen and oxygen atoms in total. The monoisotopic (exact) mass is 367 g/mol. The van der Waals surface area contributed by atoms with E-state index in [4.69, 9.17) is 19.5 Å². The molecular weight excluding hydrogens is 349 g/mol. The third-order valence-corrected chi connectivity index (χ3v) is 4.08. The van der Waals surface area contributed by atoms with Gasteiger partial charge in [-0.1, -0.05) is 24.3 Å². The van der Waals surface area contributed by atoms with Crippen molar-refractivity contribution in [3.8, 4) is 11.8 Å². The molecule has 2 aromatic carbocycles. The highest BCUT2D eigenvalue weighted by Gasteiger charge is 2.22. The molecule has 0 atom stereocenters. The van der Waals surface area contributed by atoms with Crippen molar-refractivity contribution in [3.63, 3.8) is 0 Å². The minimum Gasteiger partial charge on any atom is -0.423 e. The van der Waals surface area contributed by atoms with Crippen LogP contribution >= 0.6 is 0 Å². The van der Waals surface area contributed by atoms with E-state index >= 15 is 0 Å². The molecule has 0 unspecified atom stereocenters. The number of ether oxygens (including phenoxy) is 3. The van der Waals surface area contributed by atoms with Crippen molar-refractivity contribution in [1.82, 2.24) is 0 Å². The minimum atomic E-state index is -0.735. The third-order valence-electron chi connectivity index (χ3n) is 4.08. The molecule has 0 bridgehead atoms. The lowest BCUT2D eigenvalue weighted by atomic mass is 10.1. The first-order valence-corrected chi connectivity index (χ1v) is 8.48. The standard InChI is InChI=1S/C21H18FNO4/c1-2-3-14-12-25-21(26-13-14)16-6-4-15(5-7-16)20(24)27-18-9-8-17(11-23)19(22)10-18/h2-10,14,21H,12-13H2,1H3. The van der Waals surface area contributed by atoms with E-state index in [0.717, 1.165) is 11.6 Å². The van der Waals surface area contributed by atoms with Crippen LogP contribution in [-0.2, 0) is 9.47 Å². The van der Waals surface area contributed by atoms with Gasteiger partial charge in [-0.2, -0.15) is 5.26 Å². The number of carbonyl (C=O) groups is 1. The summed E-state index contributed by atoms with van der Waals surface area (Å²) in [6.07, 6.45) is 3.54. The maximum Gasteiger partial charge on any atom is 0.343 e.